The van der Waals surface area contributed by atoms with Crippen molar-refractivity contribution >= 4 is 6.03 Å². The molecular weight excluding hydrogens is 606 g/mol. The summed E-state index contributed by atoms with van der Waals surface area (Å²) in [6, 6.07) is -4.61. The highest BCUT2D eigenvalue weighted by Crippen LogP contribution is 2.32. The van der Waals surface area contributed by atoms with Gasteiger partial charge in [-0.2, -0.15) is 0 Å². The van der Waals surface area contributed by atoms with Crippen LogP contribution >= 0.6 is 0 Å². The van der Waals surface area contributed by atoms with Crippen LogP contribution in [0.1, 0.15) is 13.3 Å². The van der Waals surface area contributed by atoms with Gasteiger partial charge in [-0.25, -0.2) is 9.86 Å². The molecule has 0 aromatic rings. The molecule has 2 aliphatic heterocycles. The number of ether oxygens (including phenoxy) is 4. The molecule has 0 spiro atoms. The van der Waals surface area contributed by atoms with Crippen LogP contribution in [0.25, 0.3) is 0 Å². The Morgan fingerprint density at radius 1 is 1.07 bits per heavy atom. The van der Waals surface area contributed by atoms with E-state index in [2.05, 4.69) is 16.0 Å². The molecule has 264 valence electrons. The number of aliphatic hydroxyl groups excluding tert-OH is 6. The molecule has 45 heavy (non-hydrogen) atoms. The number of hydrogen-bond acceptors (Lipinski definition) is 18. The molecule has 2 saturated heterocycles. The molecule has 3 aliphatic rings. The third kappa shape index (κ3) is 9.15. The number of carbonyl (C=O) groups is 1. The summed E-state index contributed by atoms with van der Waals surface area (Å²) in [5.41, 5.74) is 16.0. The van der Waals surface area contributed by atoms with Crippen molar-refractivity contribution in [2.75, 3.05) is 46.4 Å². The molecule has 15 atom stereocenters. The number of nitrogens with zero attached hydrogens (tertiary/aromatic N) is 1. The van der Waals surface area contributed by atoms with E-state index in [1.807, 2.05) is 0 Å². The van der Waals surface area contributed by atoms with Gasteiger partial charge >= 0.3 is 6.03 Å². The molecule has 20 heteroatoms. The largest absolute Gasteiger partial charge is 0.395 e. The van der Waals surface area contributed by atoms with Crippen molar-refractivity contribution < 1.29 is 64.7 Å². The molecule has 0 radical (unpaired) electrons. The van der Waals surface area contributed by atoms with Gasteiger partial charge in [-0.3, -0.25) is 5.21 Å². The van der Waals surface area contributed by atoms with Gasteiger partial charge in [-0.1, -0.05) is 0 Å². The number of aliphatic hydroxyl groups is 7. The average molecular weight is 658 g/mol. The number of nitrogens with one attached hydrogen (secondary N) is 3. The Morgan fingerprint density at radius 2 is 1.73 bits per heavy atom. The van der Waals surface area contributed by atoms with Crippen LogP contribution in [-0.2, 0) is 18.9 Å². The summed E-state index contributed by atoms with van der Waals surface area (Å²) in [5, 5.41) is 92.3. The lowest BCUT2D eigenvalue weighted by Gasteiger charge is -2.49. The molecular formula is C25H51N7O13. The van der Waals surface area contributed by atoms with Gasteiger partial charge in [0.2, 0.25) is 0 Å². The maximum atomic E-state index is 12.6. The van der Waals surface area contributed by atoms with Gasteiger partial charge < -0.3 is 87.8 Å². The molecule has 0 bridgehead atoms. The molecule has 1 saturated carbocycles. The lowest BCUT2D eigenvalue weighted by molar-refractivity contribution is -0.330. The monoisotopic (exact) mass is 657 g/mol. The summed E-state index contributed by atoms with van der Waals surface area (Å²) in [6.07, 6.45) is -15.2. The molecule has 17 N–H and O–H groups in total. The Balaban J connectivity index is 1.81. The number of hydrogen-bond donors (Lipinski definition) is 14. The summed E-state index contributed by atoms with van der Waals surface area (Å²) < 4.78 is 23.2. The normalized spacial score (nSPS) is 43.1. The molecule has 3 fully saturated rings. The first-order valence-corrected chi connectivity index (χ1v) is 14.8. The standard InChI is InChI=1S/C25H51N7O13/c1-25(40)9-42-22(18(38)21(25)29-2)45-20-12(31-24(39)32(41)4-3-26)5-11(28)19(17(20)37)44-23-16(36)15(35)14(34)13(43-23)7-30-6-10(27)8-33/h10-23,29-30,33-38,40-41H,3-9,26-28H2,1-2H3,(H,31,39)/t10?,11-,12+,13+,14+,15-,16+,17-,18+,19?,20-,21+,22+,23+,25-/m0/s1. The van der Waals surface area contributed by atoms with Crippen molar-refractivity contribution in [2.24, 2.45) is 17.2 Å². The molecule has 0 aromatic carbocycles. The summed E-state index contributed by atoms with van der Waals surface area (Å²) >= 11 is 0. The Hall–Kier alpha value is -1.41. The van der Waals surface area contributed by atoms with Gasteiger partial charge in [0.1, 0.15) is 54.4 Å². The molecule has 0 aromatic heterocycles. The first kappa shape index (κ1) is 38.0. The number of hydroxylamine groups is 2. The fourth-order valence-electron chi connectivity index (χ4n) is 5.74. The maximum Gasteiger partial charge on any atom is 0.341 e. The second-order valence-corrected chi connectivity index (χ2v) is 12.0. The van der Waals surface area contributed by atoms with Crippen LogP contribution in [0.5, 0.6) is 0 Å². The van der Waals surface area contributed by atoms with Gasteiger partial charge in [-0.15, -0.1) is 0 Å². The zero-order valence-corrected chi connectivity index (χ0v) is 25.3. The fraction of sp³-hybridized carbons (Fsp3) is 0.960. The van der Waals surface area contributed by atoms with Crippen LogP contribution in [0.15, 0.2) is 0 Å². The Kier molecular flexibility index (Phi) is 14.0. The Labute approximate surface area is 260 Å². The number of urea groups is 1. The number of amides is 2. The zero-order valence-electron chi connectivity index (χ0n) is 25.3. The van der Waals surface area contributed by atoms with E-state index < -0.39 is 97.2 Å². The second-order valence-electron chi connectivity index (χ2n) is 12.0. The van der Waals surface area contributed by atoms with Crippen molar-refractivity contribution in [3.8, 4) is 0 Å². The van der Waals surface area contributed by atoms with Crippen molar-refractivity contribution in [2.45, 2.75) is 105 Å². The van der Waals surface area contributed by atoms with Crippen molar-refractivity contribution in [3.63, 3.8) is 0 Å². The third-order valence-electron chi connectivity index (χ3n) is 8.28. The number of carbonyl (C=O) groups excluding carboxylic acids is 1. The minimum atomic E-state index is -1.77. The minimum Gasteiger partial charge on any atom is -0.395 e. The predicted molar refractivity (Wildman–Crippen MR) is 152 cm³/mol. The summed E-state index contributed by atoms with van der Waals surface area (Å²) in [4.78, 5) is 12.6. The van der Waals surface area contributed by atoms with Crippen LogP contribution in [0.4, 0.5) is 4.79 Å². The Morgan fingerprint density at radius 3 is 2.36 bits per heavy atom. The third-order valence-corrected chi connectivity index (χ3v) is 8.28. The SMILES string of the molecule is CN[C@@H]1[C@@H](O)[C@@H](O[C@H]2[C@H](NC(=O)N(O)CCN)C[C@H](N)C(O[C@H]3O[C@H](CNCC(N)CO)[C@@H](O)[C@H](O)[C@H]3O)[C@@H]2O)OC[C@]1(C)O. The molecule has 2 heterocycles. The smallest absolute Gasteiger partial charge is 0.341 e. The highest BCUT2D eigenvalue weighted by atomic mass is 16.7. The van der Waals surface area contributed by atoms with E-state index >= 15 is 0 Å². The zero-order chi connectivity index (χ0) is 33.6. The van der Waals surface area contributed by atoms with E-state index in [0.29, 0.717) is 5.06 Å². The summed E-state index contributed by atoms with van der Waals surface area (Å²) in [6.45, 7) is 0.744. The summed E-state index contributed by atoms with van der Waals surface area (Å²) in [5.74, 6) is 0. The van der Waals surface area contributed by atoms with Crippen LogP contribution in [-0.4, -0.2) is 190 Å². The van der Waals surface area contributed by atoms with Gasteiger partial charge in [0.05, 0.1) is 31.8 Å². The van der Waals surface area contributed by atoms with Crippen molar-refractivity contribution in [1.29, 1.82) is 0 Å². The minimum absolute atomic E-state index is 0.0466. The van der Waals surface area contributed by atoms with Crippen molar-refractivity contribution in [3.05, 3.63) is 0 Å². The molecule has 3 rings (SSSR count). The Bertz CT molecular complexity index is 929. The molecule has 2 amide bonds. The van der Waals surface area contributed by atoms with Crippen LogP contribution < -0.4 is 33.2 Å². The van der Waals surface area contributed by atoms with E-state index in [1.54, 1.807) is 0 Å². The van der Waals surface area contributed by atoms with Gasteiger partial charge in [0, 0.05) is 31.7 Å². The van der Waals surface area contributed by atoms with E-state index in [1.165, 1.54) is 14.0 Å². The lowest BCUT2D eigenvalue weighted by atomic mass is 9.83. The number of nitrogens with two attached hydrogens (primary N) is 3. The van der Waals surface area contributed by atoms with Gasteiger partial charge in [0.25, 0.3) is 0 Å². The predicted octanol–water partition coefficient (Wildman–Crippen LogP) is -7.65. The average Bonchev–Trinajstić information content (AvgIpc) is 2.98. The number of rotatable bonds is 13. The van der Waals surface area contributed by atoms with E-state index in [-0.39, 0.29) is 45.8 Å². The van der Waals surface area contributed by atoms with Gasteiger partial charge in [-0.05, 0) is 20.4 Å². The first-order valence-electron chi connectivity index (χ1n) is 14.8. The second kappa shape index (κ2) is 16.6. The first-order chi connectivity index (χ1) is 21.2. The molecule has 1 aliphatic carbocycles. The highest BCUT2D eigenvalue weighted by molar-refractivity contribution is 5.73. The lowest BCUT2D eigenvalue weighted by Crippen LogP contribution is -2.70. The van der Waals surface area contributed by atoms with E-state index in [0.717, 1.165) is 0 Å². The molecule has 20 nitrogen and oxygen atoms in total. The van der Waals surface area contributed by atoms with E-state index in [4.69, 9.17) is 41.3 Å². The summed E-state index contributed by atoms with van der Waals surface area (Å²) in [7, 11) is 1.52. The maximum absolute atomic E-state index is 12.6. The fourth-order valence-corrected chi connectivity index (χ4v) is 5.74. The number of likely N-dealkylation sites (N-methyl/N-ethyl adjacent to an activating group) is 1. The van der Waals surface area contributed by atoms with Gasteiger partial charge in [0.15, 0.2) is 12.6 Å². The topological polar surface area (TPSA) is 333 Å². The van der Waals surface area contributed by atoms with Crippen LogP contribution in [0.2, 0.25) is 0 Å². The van der Waals surface area contributed by atoms with Crippen LogP contribution in [0, 0.1) is 0 Å². The van der Waals surface area contributed by atoms with Crippen molar-refractivity contribution in [1.82, 2.24) is 21.0 Å². The molecule has 2 unspecified atom stereocenters. The van der Waals surface area contributed by atoms with E-state index in [9.17, 15) is 40.6 Å². The quantitative estimate of drug-likeness (QED) is 0.0645. The van der Waals surface area contributed by atoms with Crippen LogP contribution in [0.3, 0.4) is 0 Å². The highest BCUT2D eigenvalue weighted by Gasteiger charge is 2.53.